The van der Waals surface area contributed by atoms with E-state index in [0.29, 0.717) is 12.4 Å². The van der Waals surface area contributed by atoms with E-state index in [9.17, 15) is 0 Å². The number of aromatic nitrogens is 4. The van der Waals surface area contributed by atoms with E-state index in [-0.39, 0.29) is 5.92 Å². The third-order valence-corrected chi connectivity index (χ3v) is 2.35. The number of nitrogens with zero attached hydrogens (tertiary/aromatic N) is 3. The molecule has 1 unspecified atom stereocenters. The van der Waals surface area contributed by atoms with Crippen LogP contribution in [-0.2, 0) is 0 Å². The molecule has 1 aromatic heterocycles. The number of benzene rings is 1. The molecule has 0 bridgehead atoms. The maximum atomic E-state index is 5.72. The van der Waals surface area contributed by atoms with Crippen LogP contribution >= 0.6 is 0 Å². The van der Waals surface area contributed by atoms with Crippen LogP contribution in [-0.4, -0.2) is 27.2 Å². The number of hydrogen-bond acceptors (Lipinski definition) is 4. The summed E-state index contributed by atoms with van der Waals surface area (Å²) in [7, 11) is 0. The molecule has 1 atom stereocenters. The van der Waals surface area contributed by atoms with Crippen molar-refractivity contribution >= 4 is 0 Å². The number of hydrogen-bond donors (Lipinski definition) is 2. The number of aryl methyl sites for hydroxylation is 1. The summed E-state index contributed by atoms with van der Waals surface area (Å²) in [4.78, 5) is 0. The van der Waals surface area contributed by atoms with Gasteiger partial charge in [-0.25, -0.2) is 0 Å². The van der Waals surface area contributed by atoms with E-state index in [1.807, 2.05) is 25.1 Å². The molecule has 2 aromatic rings. The van der Waals surface area contributed by atoms with Gasteiger partial charge in [-0.2, -0.15) is 5.21 Å². The van der Waals surface area contributed by atoms with Crippen LogP contribution in [0.25, 0.3) is 0 Å². The van der Waals surface area contributed by atoms with Crippen LogP contribution in [0.5, 0.6) is 0 Å². The zero-order valence-corrected chi connectivity index (χ0v) is 8.51. The fourth-order valence-corrected chi connectivity index (χ4v) is 1.59. The van der Waals surface area contributed by atoms with Crippen molar-refractivity contribution in [2.45, 2.75) is 12.8 Å². The Morgan fingerprint density at radius 1 is 1.47 bits per heavy atom. The van der Waals surface area contributed by atoms with E-state index in [0.717, 1.165) is 5.56 Å². The van der Waals surface area contributed by atoms with Crippen LogP contribution in [0.15, 0.2) is 24.3 Å². The fraction of sp³-hybridized carbons (Fsp3) is 0.300. The molecule has 2 rings (SSSR count). The first-order chi connectivity index (χ1) is 7.31. The smallest absolute Gasteiger partial charge is 0.183 e. The Morgan fingerprint density at radius 3 is 2.93 bits per heavy atom. The van der Waals surface area contributed by atoms with Gasteiger partial charge in [0.1, 0.15) is 0 Å². The van der Waals surface area contributed by atoms with E-state index >= 15 is 0 Å². The molecule has 78 valence electrons. The van der Waals surface area contributed by atoms with Crippen molar-refractivity contribution in [3.63, 3.8) is 0 Å². The maximum absolute atomic E-state index is 5.72. The highest BCUT2D eigenvalue weighted by Gasteiger charge is 2.16. The molecule has 0 spiro atoms. The molecular formula is C10H13N5. The van der Waals surface area contributed by atoms with Gasteiger partial charge in [0.2, 0.25) is 0 Å². The average Bonchev–Trinajstić information content (AvgIpc) is 2.72. The van der Waals surface area contributed by atoms with Crippen LogP contribution in [0.1, 0.15) is 22.9 Å². The van der Waals surface area contributed by atoms with E-state index < -0.39 is 0 Å². The molecule has 0 amide bonds. The van der Waals surface area contributed by atoms with E-state index in [4.69, 9.17) is 5.73 Å². The molecular weight excluding hydrogens is 190 g/mol. The van der Waals surface area contributed by atoms with Crippen molar-refractivity contribution in [2.75, 3.05) is 6.54 Å². The number of H-pyrrole nitrogens is 1. The minimum Gasteiger partial charge on any atom is -0.329 e. The first kappa shape index (κ1) is 9.79. The Balaban J connectivity index is 2.35. The second-order valence-corrected chi connectivity index (χ2v) is 3.47. The summed E-state index contributed by atoms with van der Waals surface area (Å²) in [5.41, 5.74) is 8.05. The standard InChI is InChI=1S/C10H13N5/c1-7-3-2-4-8(5-7)9(6-11)10-12-14-15-13-10/h2-5,9H,6,11H2,1H3,(H,12,13,14,15). The first-order valence-electron chi connectivity index (χ1n) is 4.81. The summed E-state index contributed by atoms with van der Waals surface area (Å²) in [6.45, 7) is 2.52. The second-order valence-electron chi connectivity index (χ2n) is 3.47. The number of nitrogens with two attached hydrogens (primary N) is 1. The highest BCUT2D eigenvalue weighted by atomic mass is 15.5. The SMILES string of the molecule is Cc1cccc(C(CN)c2nn[nH]n2)c1. The molecule has 0 aliphatic carbocycles. The fourth-order valence-electron chi connectivity index (χ4n) is 1.59. The van der Waals surface area contributed by atoms with E-state index in [1.165, 1.54) is 5.56 Å². The molecule has 0 aliphatic rings. The highest BCUT2D eigenvalue weighted by Crippen LogP contribution is 2.20. The molecule has 1 heterocycles. The predicted octanol–water partition coefficient (Wildman–Crippen LogP) is 0.599. The summed E-state index contributed by atoms with van der Waals surface area (Å²) < 4.78 is 0. The lowest BCUT2D eigenvalue weighted by molar-refractivity contribution is 0.752. The van der Waals surface area contributed by atoms with Gasteiger partial charge in [-0.15, -0.1) is 10.2 Å². The largest absolute Gasteiger partial charge is 0.329 e. The van der Waals surface area contributed by atoms with Gasteiger partial charge in [0.15, 0.2) is 5.82 Å². The number of rotatable bonds is 3. The molecule has 15 heavy (non-hydrogen) atoms. The van der Waals surface area contributed by atoms with Crippen molar-refractivity contribution in [2.24, 2.45) is 5.73 Å². The zero-order valence-electron chi connectivity index (χ0n) is 8.51. The minimum absolute atomic E-state index is 0.0173. The van der Waals surface area contributed by atoms with Crippen molar-refractivity contribution in [3.05, 3.63) is 41.2 Å². The monoisotopic (exact) mass is 203 g/mol. The van der Waals surface area contributed by atoms with Crippen molar-refractivity contribution < 1.29 is 0 Å². The van der Waals surface area contributed by atoms with Gasteiger partial charge in [0.05, 0.1) is 5.92 Å². The molecule has 5 nitrogen and oxygen atoms in total. The molecule has 0 radical (unpaired) electrons. The van der Waals surface area contributed by atoms with Gasteiger partial charge >= 0.3 is 0 Å². The molecule has 0 fully saturated rings. The number of aromatic amines is 1. The van der Waals surface area contributed by atoms with E-state index in [2.05, 4.69) is 26.7 Å². The molecule has 5 heteroatoms. The number of nitrogens with one attached hydrogen (secondary N) is 1. The Hall–Kier alpha value is -1.75. The normalized spacial score (nSPS) is 12.7. The summed E-state index contributed by atoms with van der Waals surface area (Å²) in [6, 6.07) is 8.18. The Labute approximate surface area is 87.7 Å². The Morgan fingerprint density at radius 2 is 2.33 bits per heavy atom. The van der Waals surface area contributed by atoms with E-state index in [1.54, 1.807) is 0 Å². The minimum atomic E-state index is 0.0173. The quantitative estimate of drug-likeness (QED) is 0.765. The van der Waals surface area contributed by atoms with Crippen molar-refractivity contribution in [1.29, 1.82) is 0 Å². The van der Waals surface area contributed by atoms with Crippen LogP contribution < -0.4 is 5.73 Å². The highest BCUT2D eigenvalue weighted by molar-refractivity contribution is 5.29. The number of tetrazole rings is 1. The van der Waals surface area contributed by atoms with Crippen molar-refractivity contribution in [3.8, 4) is 0 Å². The maximum Gasteiger partial charge on any atom is 0.183 e. The van der Waals surface area contributed by atoms with Gasteiger partial charge in [-0.05, 0) is 12.5 Å². The molecule has 1 aromatic carbocycles. The van der Waals surface area contributed by atoms with Gasteiger partial charge in [-0.3, -0.25) is 0 Å². The predicted molar refractivity (Wildman–Crippen MR) is 56.3 cm³/mol. The van der Waals surface area contributed by atoms with Crippen molar-refractivity contribution in [1.82, 2.24) is 20.6 Å². The van der Waals surface area contributed by atoms with Gasteiger partial charge in [0, 0.05) is 6.54 Å². The van der Waals surface area contributed by atoms with Gasteiger partial charge in [-0.1, -0.05) is 35.0 Å². The summed E-state index contributed by atoms with van der Waals surface area (Å²) in [6.07, 6.45) is 0. The third-order valence-electron chi connectivity index (χ3n) is 2.35. The Bertz CT molecular complexity index is 423. The lowest BCUT2D eigenvalue weighted by Gasteiger charge is -2.11. The topological polar surface area (TPSA) is 80.5 Å². The molecule has 0 saturated carbocycles. The average molecular weight is 203 g/mol. The lowest BCUT2D eigenvalue weighted by atomic mass is 9.97. The molecule has 3 N–H and O–H groups in total. The summed E-state index contributed by atoms with van der Waals surface area (Å²) in [5, 5.41) is 13.9. The van der Waals surface area contributed by atoms with Crippen LogP contribution in [0.2, 0.25) is 0 Å². The first-order valence-corrected chi connectivity index (χ1v) is 4.81. The Kier molecular flexibility index (Phi) is 2.73. The third kappa shape index (κ3) is 2.02. The summed E-state index contributed by atoms with van der Waals surface area (Å²) >= 11 is 0. The zero-order chi connectivity index (χ0) is 10.7. The second kappa shape index (κ2) is 4.18. The van der Waals surface area contributed by atoms with Gasteiger partial charge in [0.25, 0.3) is 0 Å². The van der Waals surface area contributed by atoms with Crippen LogP contribution in [0.4, 0.5) is 0 Å². The van der Waals surface area contributed by atoms with Crippen LogP contribution in [0, 0.1) is 6.92 Å². The summed E-state index contributed by atoms with van der Waals surface area (Å²) in [5.74, 6) is 0.659. The van der Waals surface area contributed by atoms with Gasteiger partial charge < -0.3 is 5.73 Å². The van der Waals surface area contributed by atoms with Crippen LogP contribution in [0.3, 0.4) is 0 Å². The molecule has 0 aliphatic heterocycles. The molecule has 0 saturated heterocycles. The lowest BCUT2D eigenvalue weighted by Crippen LogP contribution is -2.15.